The van der Waals surface area contributed by atoms with E-state index in [0.29, 0.717) is 42.7 Å². The lowest BCUT2D eigenvalue weighted by molar-refractivity contribution is -0.120. The van der Waals surface area contributed by atoms with Gasteiger partial charge in [-0.25, -0.2) is 17.5 Å². The largest absolute Gasteiger partial charge is 0.496 e. The van der Waals surface area contributed by atoms with Crippen LogP contribution in [0.15, 0.2) is 18.2 Å². The maximum Gasteiger partial charge on any atom is 0.227 e. The van der Waals surface area contributed by atoms with Crippen LogP contribution in [-0.4, -0.2) is 32.7 Å². The van der Waals surface area contributed by atoms with Crippen LogP contribution in [-0.2, 0) is 21.5 Å². The van der Waals surface area contributed by atoms with Crippen LogP contribution in [0, 0.1) is 5.92 Å². The number of carbonyl (C=O) groups is 1. The molecule has 0 radical (unpaired) electrons. The van der Waals surface area contributed by atoms with E-state index in [-0.39, 0.29) is 17.9 Å². The smallest absolute Gasteiger partial charge is 0.227 e. The number of rotatable bonds is 7. The van der Waals surface area contributed by atoms with Crippen LogP contribution in [0.1, 0.15) is 45.1 Å². The Morgan fingerprint density at radius 2 is 1.92 bits per heavy atom. The Hall–Kier alpha value is -1.67. The third-order valence-electron chi connectivity index (χ3n) is 4.75. The fraction of sp³-hybridized carbons (Fsp3) is 0.611. The molecule has 6 nitrogen and oxygen atoms in total. The van der Waals surface area contributed by atoms with Gasteiger partial charge in [0.05, 0.1) is 12.4 Å². The topological polar surface area (TPSA) is 84.5 Å². The van der Waals surface area contributed by atoms with Crippen LogP contribution < -0.4 is 14.8 Å². The SMILES string of the molecule is COc1cc(NC(=O)C2CCC(NS(=O)(=O)C(C)C)CC2)ccc1CF. The minimum atomic E-state index is -3.29. The quantitative estimate of drug-likeness (QED) is 0.754. The highest BCUT2D eigenvalue weighted by molar-refractivity contribution is 7.90. The maximum atomic E-state index is 12.8. The summed E-state index contributed by atoms with van der Waals surface area (Å²) < 4.78 is 44.6. The Balaban J connectivity index is 1.91. The van der Waals surface area contributed by atoms with Gasteiger partial charge in [0.1, 0.15) is 12.4 Å². The maximum absolute atomic E-state index is 12.8. The van der Waals surface area contributed by atoms with E-state index in [1.165, 1.54) is 7.11 Å². The molecule has 0 aromatic heterocycles. The summed E-state index contributed by atoms with van der Waals surface area (Å²) in [5.41, 5.74) is 0.995. The van der Waals surface area contributed by atoms with Crippen molar-refractivity contribution in [3.8, 4) is 5.75 Å². The number of carbonyl (C=O) groups excluding carboxylic acids is 1. The molecule has 2 rings (SSSR count). The van der Waals surface area contributed by atoms with E-state index in [1.54, 1.807) is 32.0 Å². The van der Waals surface area contributed by atoms with Crippen molar-refractivity contribution in [2.45, 2.75) is 57.5 Å². The van der Waals surface area contributed by atoms with E-state index in [1.807, 2.05) is 0 Å². The zero-order valence-corrected chi connectivity index (χ0v) is 16.2. The summed E-state index contributed by atoms with van der Waals surface area (Å²) in [6, 6.07) is 4.73. The number of amides is 1. The van der Waals surface area contributed by atoms with Crippen LogP contribution in [0.3, 0.4) is 0 Å². The first-order chi connectivity index (χ1) is 12.3. The van der Waals surface area contributed by atoms with Gasteiger partial charge in [0.2, 0.25) is 15.9 Å². The third-order valence-corrected chi connectivity index (χ3v) is 6.65. The number of anilines is 1. The van der Waals surface area contributed by atoms with E-state index in [9.17, 15) is 17.6 Å². The molecule has 1 fully saturated rings. The molecule has 0 saturated heterocycles. The second-order valence-electron chi connectivity index (χ2n) is 6.91. The number of methoxy groups -OCH3 is 1. The number of ether oxygens (including phenoxy) is 1. The number of sulfonamides is 1. The van der Waals surface area contributed by atoms with E-state index >= 15 is 0 Å². The molecule has 8 heteroatoms. The average molecular weight is 386 g/mol. The lowest BCUT2D eigenvalue weighted by Gasteiger charge is -2.28. The van der Waals surface area contributed by atoms with Gasteiger partial charge in [0.15, 0.2) is 0 Å². The molecule has 0 spiro atoms. The first-order valence-electron chi connectivity index (χ1n) is 8.81. The average Bonchev–Trinajstić information content (AvgIpc) is 2.61. The van der Waals surface area contributed by atoms with Gasteiger partial charge in [0, 0.05) is 29.3 Å². The lowest BCUT2D eigenvalue weighted by atomic mass is 9.86. The van der Waals surface area contributed by atoms with E-state index in [4.69, 9.17) is 4.74 Å². The molecular formula is C18H27FN2O4S. The Morgan fingerprint density at radius 3 is 2.46 bits per heavy atom. The van der Waals surface area contributed by atoms with Crippen molar-refractivity contribution in [1.82, 2.24) is 4.72 Å². The highest BCUT2D eigenvalue weighted by Gasteiger charge is 2.29. The van der Waals surface area contributed by atoms with E-state index in [0.717, 1.165) is 0 Å². The fourth-order valence-corrected chi connectivity index (χ4v) is 3.99. The van der Waals surface area contributed by atoms with Gasteiger partial charge in [-0.1, -0.05) is 6.07 Å². The third kappa shape index (κ3) is 5.17. The predicted molar refractivity (Wildman–Crippen MR) is 99.4 cm³/mol. The van der Waals surface area contributed by atoms with Crippen LogP contribution in [0.4, 0.5) is 10.1 Å². The summed E-state index contributed by atoms with van der Waals surface area (Å²) >= 11 is 0. The van der Waals surface area contributed by atoms with Crippen molar-refractivity contribution in [3.63, 3.8) is 0 Å². The van der Waals surface area contributed by atoms with Gasteiger partial charge >= 0.3 is 0 Å². The molecule has 1 aliphatic carbocycles. The second kappa shape index (κ2) is 8.81. The van der Waals surface area contributed by atoms with Crippen molar-refractivity contribution < 1.29 is 22.3 Å². The van der Waals surface area contributed by atoms with Crippen molar-refractivity contribution in [2.24, 2.45) is 5.92 Å². The van der Waals surface area contributed by atoms with Crippen LogP contribution in [0.5, 0.6) is 5.75 Å². The van der Waals surface area contributed by atoms with Crippen molar-refractivity contribution >= 4 is 21.6 Å². The zero-order valence-electron chi connectivity index (χ0n) is 15.4. The number of benzene rings is 1. The van der Waals surface area contributed by atoms with Gasteiger partial charge < -0.3 is 10.1 Å². The van der Waals surface area contributed by atoms with Crippen LogP contribution in [0.2, 0.25) is 0 Å². The lowest BCUT2D eigenvalue weighted by Crippen LogP contribution is -2.42. The minimum absolute atomic E-state index is 0.106. The molecule has 1 amide bonds. The van der Waals surface area contributed by atoms with E-state index < -0.39 is 21.9 Å². The predicted octanol–water partition coefficient (Wildman–Crippen LogP) is 2.99. The molecule has 1 aliphatic rings. The highest BCUT2D eigenvalue weighted by atomic mass is 32.2. The summed E-state index contributed by atoms with van der Waals surface area (Å²) in [6.07, 6.45) is 2.51. The molecule has 2 N–H and O–H groups in total. The standard InChI is InChI=1S/C18H27FN2O4S/c1-12(2)26(23,24)21-15-7-4-13(5-8-15)18(22)20-16-9-6-14(11-19)17(10-16)25-3/h6,9-10,12-13,15,21H,4-5,7-8,11H2,1-3H3,(H,20,22). The summed E-state index contributed by atoms with van der Waals surface area (Å²) in [5, 5.41) is 2.37. The fourth-order valence-electron chi connectivity index (χ4n) is 3.02. The normalized spacial score (nSPS) is 20.8. The molecule has 1 saturated carbocycles. The summed E-state index contributed by atoms with van der Waals surface area (Å²) in [7, 11) is -1.84. The van der Waals surface area contributed by atoms with Gasteiger partial charge in [-0.2, -0.15) is 0 Å². The number of nitrogens with one attached hydrogen (secondary N) is 2. The Bertz CT molecular complexity index is 729. The van der Waals surface area contributed by atoms with Crippen molar-refractivity contribution in [2.75, 3.05) is 12.4 Å². The number of hydrogen-bond acceptors (Lipinski definition) is 4. The summed E-state index contributed by atoms with van der Waals surface area (Å²) in [6.45, 7) is 2.65. The molecule has 1 aromatic rings. The molecule has 0 heterocycles. The molecule has 1 aromatic carbocycles. The minimum Gasteiger partial charge on any atom is -0.496 e. The van der Waals surface area contributed by atoms with Gasteiger partial charge in [0.25, 0.3) is 0 Å². The van der Waals surface area contributed by atoms with Crippen molar-refractivity contribution in [3.05, 3.63) is 23.8 Å². The first-order valence-corrected chi connectivity index (χ1v) is 10.4. The Labute approximate surface area is 154 Å². The molecule has 26 heavy (non-hydrogen) atoms. The Morgan fingerprint density at radius 1 is 1.27 bits per heavy atom. The first kappa shape index (κ1) is 20.6. The molecular weight excluding hydrogens is 359 g/mol. The van der Waals surface area contributed by atoms with Gasteiger partial charge in [-0.15, -0.1) is 0 Å². The number of alkyl halides is 1. The van der Waals surface area contributed by atoms with Gasteiger partial charge in [-0.05, 0) is 45.6 Å². The molecule has 0 bridgehead atoms. The Kier molecular flexibility index (Phi) is 7.00. The summed E-state index contributed by atoms with van der Waals surface area (Å²) in [5.74, 6) is 0.129. The molecule has 0 unspecified atom stereocenters. The van der Waals surface area contributed by atoms with Gasteiger partial charge in [-0.3, -0.25) is 4.79 Å². The second-order valence-corrected chi connectivity index (χ2v) is 9.18. The molecule has 146 valence electrons. The molecule has 0 aliphatic heterocycles. The summed E-state index contributed by atoms with van der Waals surface area (Å²) in [4.78, 5) is 12.5. The molecule has 0 atom stereocenters. The zero-order chi connectivity index (χ0) is 19.3. The number of halogens is 1. The monoisotopic (exact) mass is 386 g/mol. The van der Waals surface area contributed by atoms with Crippen LogP contribution >= 0.6 is 0 Å². The van der Waals surface area contributed by atoms with Crippen molar-refractivity contribution in [1.29, 1.82) is 0 Å². The van der Waals surface area contributed by atoms with E-state index in [2.05, 4.69) is 10.0 Å². The highest BCUT2D eigenvalue weighted by Crippen LogP contribution is 2.28. The van der Waals surface area contributed by atoms with Crippen LogP contribution in [0.25, 0.3) is 0 Å². The number of hydrogen-bond donors (Lipinski definition) is 2.